The molecule has 1 fully saturated rings. The number of nitrogens with zero attached hydrogens (tertiary/aromatic N) is 2. The van der Waals surface area contributed by atoms with Gasteiger partial charge in [-0.1, -0.05) is 0 Å². The topological polar surface area (TPSA) is 66.6 Å². The minimum atomic E-state index is -0.219. The second kappa shape index (κ2) is 5.46. The highest BCUT2D eigenvalue weighted by Crippen LogP contribution is 2.24. The molecule has 1 aromatic carbocycles. The molecular formula is C14H17N3O2S. The molecule has 0 aromatic heterocycles. The van der Waals surface area contributed by atoms with E-state index in [0.717, 1.165) is 31.1 Å². The van der Waals surface area contributed by atoms with Crippen molar-refractivity contribution in [3.8, 4) is 0 Å². The van der Waals surface area contributed by atoms with Crippen LogP contribution in [0, 0.1) is 0 Å². The maximum atomic E-state index is 12.3. The Balaban J connectivity index is 1.69. The average molecular weight is 291 g/mol. The number of amides is 2. The lowest BCUT2D eigenvalue weighted by atomic mass is 10.1. The molecule has 0 saturated carbocycles. The predicted octanol–water partition coefficient (Wildman–Crippen LogP) is 0.914. The minimum Gasteiger partial charge on any atom is -0.399 e. The predicted molar refractivity (Wildman–Crippen MR) is 80.0 cm³/mol. The van der Waals surface area contributed by atoms with Crippen LogP contribution in [0.1, 0.15) is 20.7 Å². The zero-order valence-electron chi connectivity index (χ0n) is 11.2. The van der Waals surface area contributed by atoms with Crippen molar-refractivity contribution in [2.45, 2.75) is 0 Å². The molecule has 20 heavy (non-hydrogen) atoms. The molecule has 1 saturated heterocycles. The van der Waals surface area contributed by atoms with Crippen LogP contribution in [0.15, 0.2) is 18.2 Å². The first kappa shape index (κ1) is 13.5. The number of hydrogen-bond donors (Lipinski definition) is 1. The summed E-state index contributed by atoms with van der Waals surface area (Å²) in [7, 11) is 0. The number of imide groups is 1. The number of carbonyl (C=O) groups excluding carboxylic acids is 2. The van der Waals surface area contributed by atoms with Gasteiger partial charge in [0, 0.05) is 43.4 Å². The third kappa shape index (κ3) is 2.41. The van der Waals surface area contributed by atoms with Gasteiger partial charge in [-0.25, -0.2) is 0 Å². The standard InChI is InChI=1S/C14H17N3O2S/c15-10-1-2-11-12(9-10)14(19)17(13(11)18)4-3-16-5-7-20-8-6-16/h1-2,9H,3-8,15H2. The van der Waals surface area contributed by atoms with Gasteiger partial charge in [-0.2, -0.15) is 11.8 Å². The number of anilines is 1. The number of carbonyl (C=O) groups is 2. The number of thioether (sulfide) groups is 1. The van der Waals surface area contributed by atoms with Crippen molar-refractivity contribution in [3.63, 3.8) is 0 Å². The molecule has 3 rings (SSSR count). The molecule has 5 nitrogen and oxygen atoms in total. The van der Waals surface area contributed by atoms with Crippen molar-refractivity contribution in [2.24, 2.45) is 0 Å². The molecule has 0 bridgehead atoms. The van der Waals surface area contributed by atoms with Gasteiger partial charge in [0.05, 0.1) is 11.1 Å². The van der Waals surface area contributed by atoms with E-state index >= 15 is 0 Å². The summed E-state index contributed by atoms with van der Waals surface area (Å²) in [6.45, 7) is 3.26. The maximum absolute atomic E-state index is 12.3. The molecule has 0 unspecified atom stereocenters. The number of fused-ring (bicyclic) bond motifs is 1. The molecule has 2 N–H and O–H groups in total. The molecule has 1 aromatic rings. The lowest BCUT2D eigenvalue weighted by Crippen LogP contribution is -2.41. The average Bonchev–Trinajstić information content (AvgIpc) is 2.70. The Morgan fingerprint density at radius 2 is 1.75 bits per heavy atom. The lowest BCUT2D eigenvalue weighted by Gasteiger charge is -2.27. The molecular weight excluding hydrogens is 274 g/mol. The molecule has 0 spiro atoms. The van der Waals surface area contributed by atoms with E-state index in [1.54, 1.807) is 18.2 Å². The van der Waals surface area contributed by atoms with Crippen LogP contribution in [-0.4, -0.2) is 59.3 Å². The van der Waals surface area contributed by atoms with Crippen molar-refractivity contribution in [1.82, 2.24) is 9.80 Å². The molecule has 0 radical (unpaired) electrons. The highest BCUT2D eigenvalue weighted by molar-refractivity contribution is 7.99. The largest absolute Gasteiger partial charge is 0.399 e. The van der Waals surface area contributed by atoms with E-state index < -0.39 is 0 Å². The van der Waals surface area contributed by atoms with Crippen LogP contribution in [0.25, 0.3) is 0 Å². The molecule has 2 aliphatic heterocycles. The Kier molecular flexibility index (Phi) is 3.67. The van der Waals surface area contributed by atoms with E-state index in [-0.39, 0.29) is 11.8 Å². The number of nitrogens with two attached hydrogens (primary N) is 1. The van der Waals surface area contributed by atoms with Crippen LogP contribution in [-0.2, 0) is 0 Å². The summed E-state index contributed by atoms with van der Waals surface area (Å²) in [5.74, 6) is 1.83. The highest BCUT2D eigenvalue weighted by Gasteiger charge is 2.35. The van der Waals surface area contributed by atoms with Crippen molar-refractivity contribution < 1.29 is 9.59 Å². The number of nitrogen functional groups attached to an aromatic ring is 1. The molecule has 106 valence electrons. The molecule has 2 heterocycles. The third-order valence-corrected chi connectivity index (χ3v) is 4.68. The third-order valence-electron chi connectivity index (χ3n) is 3.74. The van der Waals surface area contributed by atoms with E-state index in [4.69, 9.17) is 5.73 Å². The normalized spacial score (nSPS) is 19.5. The van der Waals surface area contributed by atoms with Crippen LogP contribution in [0.5, 0.6) is 0 Å². The number of rotatable bonds is 3. The maximum Gasteiger partial charge on any atom is 0.261 e. The van der Waals surface area contributed by atoms with Crippen molar-refractivity contribution in [1.29, 1.82) is 0 Å². The summed E-state index contributed by atoms with van der Waals surface area (Å²) in [6, 6.07) is 4.89. The zero-order valence-corrected chi connectivity index (χ0v) is 12.0. The van der Waals surface area contributed by atoms with E-state index in [0.29, 0.717) is 23.4 Å². The summed E-state index contributed by atoms with van der Waals surface area (Å²) < 4.78 is 0. The second-order valence-electron chi connectivity index (χ2n) is 5.02. The van der Waals surface area contributed by atoms with E-state index in [1.165, 1.54) is 4.90 Å². The first-order chi connectivity index (χ1) is 9.66. The number of hydrogen-bond acceptors (Lipinski definition) is 5. The Morgan fingerprint density at radius 3 is 2.50 bits per heavy atom. The van der Waals surface area contributed by atoms with E-state index in [2.05, 4.69) is 4.90 Å². The quantitative estimate of drug-likeness (QED) is 0.662. The molecule has 0 aliphatic carbocycles. The number of benzene rings is 1. The molecule has 6 heteroatoms. The molecule has 0 atom stereocenters. The van der Waals surface area contributed by atoms with Gasteiger partial charge in [0.1, 0.15) is 0 Å². The highest BCUT2D eigenvalue weighted by atomic mass is 32.2. The van der Waals surface area contributed by atoms with Crippen LogP contribution in [0.2, 0.25) is 0 Å². The van der Waals surface area contributed by atoms with E-state index in [1.807, 2.05) is 11.8 Å². The lowest BCUT2D eigenvalue weighted by molar-refractivity contribution is 0.0638. The van der Waals surface area contributed by atoms with E-state index in [9.17, 15) is 9.59 Å². The smallest absolute Gasteiger partial charge is 0.261 e. The Labute approximate surface area is 122 Å². The van der Waals surface area contributed by atoms with Crippen LogP contribution in [0.3, 0.4) is 0 Å². The van der Waals surface area contributed by atoms with Gasteiger partial charge in [-0.15, -0.1) is 0 Å². The Hall–Kier alpha value is -1.53. The fourth-order valence-electron chi connectivity index (χ4n) is 2.58. The van der Waals surface area contributed by atoms with Gasteiger partial charge >= 0.3 is 0 Å². The monoisotopic (exact) mass is 291 g/mol. The molecule has 2 aliphatic rings. The van der Waals surface area contributed by atoms with Gasteiger partial charge in [-0.3, -0.25) is 19.4 Å². The van der Waals surface area contributed by atoms with Crippen molar-refractivity contribution >= 4 is 29.3 Å². The van der Waals surface area contributed by atoms with Gasteiger partial charge in [0.25, 0.3) is 11.8 Å². The zero-order chi connectivity index (χ0) is 14.1. The fraction of sp³-hybridized carbons (Fsp3) is 0.429. The van der Waals surface area contributed by atoms with Gasteiger partial charge < -0.3 is 5.73 Å². The first-order valence-corrected chi connectivity index (χ1v) is 7.88. The fourth-order valence-corrected chi connectivity index (χ4v) is 3.56. The van der Waals surface area contributed by atoms with Crippen LogP contribution in [0.4, 0.5) is 5.69 Å². The summed E-state index contributed by atoms with van der Waals surface area (Å²) in [5, 5.41) is 0. The Bertz CT molecular complexity index is 555. The molecule has 2 amide bonds. The Morgan fingerprint density at radius 1 is 1.05 bits per heavy atom. The van der Waals surface area contributed by atoms with Crippen LogP contribution < -0.4 is 5.73 Å². The van der Waals surface area contributed by atoms with Gasteiger partial charge in [0.2, 0.25) is 0 Å². The second-order valence-corrected chi connectivity index (χ2v) is 6.25. The first-order valence-electron chi connectivity index (χ1n) is 6.72. The summed E-state index contributed by atoms with van der Waals surface area (Å²) in [6.07, 6.45) is 0. The van der Waals surface area contributed by atoms with Crippen molar-refractivity contribution in [3.05, 3.63) is 29.3 Å². The summed E-state index contributed by atoms with van der Waals surface area (Å²) >= 11 is 1.95. The van der Waals surface area contributed by atoms with Gasteiger partial charge in [0.15, 0.2) is 0 Å². The SMILES string of the molecule is Nc1ccc2c(c1)C(=O)N(CCN1CCSCC1)C2=O. The van der Waals surface area contributed by atoms with Crippen molar-refractivity contribution in [2.75, 3.05) is 43.4 Å². The summed E-state index contributed by atoms with van der Waals surface area (Å²) in [5.41, 5.74) is 7.10. The summed E-state index contributed by atoms with van der Waals surface area (Å²) in [4.78, 5) is 28.1. The minimum absolute atomic E-state index is 0.198. The van der Waals surface area contributed by atoms with Crippen LogP contribution >= 0.6 is 11.8 Å². The van der Waals surface area contributed by atoms with Gasteiger partial charge in [-0.05, 0) is 18.2 Å².